The Morgan fingerprint density at radius 2 is 2.10 bits per heavy atom. The molecule has 0 unspecified atom stereocenters. The van der Waals surface area contributed by atoms with Crippen LogP contribution in [0, 0.1) is 0 Å². The number of amides is 1. The van der Waals surface area contributed by atoms with Gasteiger partial charge < -0.3 is 14.8 Å². The second kappa shape index (κ2) is 7.87. The number of nitrogens with one attached hydrogen (secondary N) is 1. The molecule has 2 aromatic heterocycles. The second-order valence-electron chi connectivity index (χ2n) is 8.93. The van der Waals surface area contributed by atoms with Gasteiger partial charge in [0.15, 0.2) is 17.0 Å². The first kappa shape index (κ1) is 20.6. The van der Waals surface area contributed by atoms with Gasteiger partial charge in [-0.2, -0.15) is 0 Å². The fraction of sp³-hybridized carbons (Fsp3) is 0.455. The van der Waals surface area contributed by atoms with E-state index in [-0.39, 0.29) is 17.4 Å². The summed E-state index contributed by atoms with van der Waals surface area (Å²) in [6.45, 7) is 10.1. The van der Waals surface area contributed by atoms with Gasteiger partial charge in [0, 0.05) is 36.5 Å². The van der Waals surface area contributed by atoms with Crippen LogP contribution in [0.3, 0.4) is 0 Å². The van der Waals surface area contributed by atoms with Gasteiger partial charge in [-0.25, -0.2) is 15.0 Å². The van der Waals surface area contributed by atoms with Gasteiger partial charge in [-0.3, -0.25) is 4.79 Å². The Balaban J connectivity index is 1.75. The molecular formula is C22H27ClN6O. The van der Waals surface area contributed by atoms with E-state index in [9.17, 15) is 4.79 Å². The number of fused-ring (bicyclic) bond motifs is 1. The maximum atomic E-state index is 11.5. The summed E-state index contributed by atoms with van der Waals surface area (Å²) in [5.41, 5.74) is 2.48. The van der Waals surface area contributed by atoms with Crippen LogP contribution in [0.2, 0.25) is 5.02 Å². The molecule has 1 aromatic carbocycles. The normalized spacial score (nSPS) is 17.0. The van der Waals surface area contributed by atoms with Crippen molar-refractivity contribution in [2.24, 2.45) is 0 Å². The van der Waals surface area contributed by atoms with E-state index in [2.05, 4.69) is 36.0 Å². The van der Waals surface area contributed by atoms with Gasteiger partial charge >= 0.3 is 0 Å². The number of aromatic nitrogens is 4. The summed E-state index contributed by atoms with van der Waals surface area (Å²) in [5.74, 6) is 1.61. The van der Waals surface area contributed by atoms with Crippen LogP contribution >= 0.6 is 11.6 Å². The summed E-state index contributed by atoms with van der Waals surface area (Å²) in [6.07, 6.45) is 2.71. The van der Waals surface area contributed by atoms with Crippen LogP contribution in [-0.4, -0.2) is 44.6 Å². The average Bonchev–Trinajstić information content (AvgIpc) is 3.27. The third-order valence-corrected chi connectivity index (χ3v) is 5.49. The molecule has 0 aliphatic carbocycles. The number of halogens is 1. The highest BCUT2D eigenvalue weighted by molar-refractivity contribution is 6.30. The molecule has 1 fully saturated rings. The maximum Gasteiger partial charge on any atom is 0.217 e. The van der Waals surface area contributed by atoms with Crippen molar-refractivity contribution in [3.05, 3.63) is 47.0 Å². The predicted octanol–water partition coefficient (Wildman–Crippen LogP) is 3.54. The SMILES string of the molecule is CC(=O)N[C@H]1CCN(c2nc(C(C)(C)C)nc3c2ncn3Cc2cccc(Cl)c2)C1. The third kappa shape index (κ3) is 4.26. The van der Waals surface area contributed by atoms with Crippen molar-refractivity contribution in [1.29, 1.82) is 0 Å². The molecule has 0 saturated carbocycles. The molecule has 3 aromatic rings. The summed E-state index contributed by atoms with van der Waals surface area (Å²) >= 11 is 6.16. The van der Waals surface area contributed by atoms with Gasteiger partial charge in [0.2, 0.25) is 5.91 Å². The summed E-state index contributed by atoms with van der Waals surface area (Å²) < 4.78 is 2.04. The lowest BCUT2D eigenvalue weighted by atomic mass is 9.96. The van der Waals surface area contributed by atoms with E-state index in [0.717, 1.165) is 47.9 Å². The number of nitrogens with zero attached hydrogens (tertiary/aromatic N) is 5. The van der Waals surface area contributed by atoms with E-state index < -0.39 is 0 Å². The van der Waals surface area contributed by atoms with Gasteiger partial charge in [-0.05, 0) is 24.1 Å². The minimum absolute atomic E-state index is 0.00383. The molecule has 3 heterocycles. The summed E-state index contributed by atoms with van der Waals surface area (Å²) in [5, 5.41) is 3.73. The molecule has 1 N–H and O–H groups in total. The molecule has 8 heteroatoms. The van der Waals surface area contributed by atoms with Crippen molar-refractivity contribution < 1.29 is 4.79 Å². The first-order chi connectivity index (χ1) is 14.2. The Morgan fingerprint density at radius 3 is 2.80 bits per heavy atom. The fourth-order valence-electron chi connectivity index (χ4n) is 3.79. The van der Waals surface area contributed by atoms with Gasteiger partial charge in [-0.1, -0.05) is 44.5 Å². The van der Waals surface area contributed by atoms with Crippen molar-refractivity contribution in [1.82, 2.24) is 24.8 Å². The van der Waals surface area contributed by atoms with E-state index in [4.69, 9.17) is 21.6 Å². The number of carbonyl (C=O) groups excluding carboxylic acids is 1. The van der Waals surface area contributed by atoms with Crippen LogP contribution in [0.5, 0.6) is 0 Å². The molecule has 1 saturated heterocycles. The number of hydrogen-bond donors (Lipinski definition) is 1. The Kier molecular flexibility index (Phi) is 5.40. The van der Waals surface area contributed by atoms with E-state index in [1.165, 1.54) is 0 Å². The first-order valence-electron chi connectivity index (χ1n) is 10.2. The Labute approximate surface area is 181 Å². The van der Waals surface area contributed by atoms with Gasteiger partial charge in [0.05, 0.1) is 12.9 Å². The fourth-order valence-corrected chi connectivity index (χ4v) is 4.00. The molecule has 0 bridgehead atoms. The van der Waals surface area contributed by atoms with Crippen LogP contribution in [0.1, 0.15) is 45.5 Å². The molecule has 1 amide bonds. The second-order valence-corrected chi connectivity index (χ2v) is 9.36. The van der Waals surface area contributed by atoms with E-state index >= 15 is 0 Å². The minimum Gasteiger partial charge on any atom is -0.353 e. The van der Waals surface area contributed by atoms with E-state index in [1.54, 1.807) is 6.92 Å². The highest BCUT2D eigenvalue weighted by atomic mass is 35.5. The summed E-state index contributed by atoms with van der Waals surface area (Å²) in [7, 11) is 0. The highest BCUT2D eigenvalue weighted by Crippen LogP contribution is 2.30. The lowest BCUT2D eigenvalue weighted by molar-refractivity contribution is -0.119. The first-order valence-corrected chi connectivity index (χ1v) is 10.6. The third-order valence-electron chi connectivity index (χ3n) is 5.25. The number of hydrogen-bond acceptors (Lipinski definition) is 5. The van der Waals surface area contributed by atoms with Gasteiger partial charge in [0.25, 0.3) is 0 Å². The topological polar surface area (TPSA) is 75.9 Å². The lowest BCUT2D eigenvalue weighted by Crippen LogP contribution is -2.36. The van der Waals surface area contributed by atoms with Crippen molar-refractivity contribution in [2.75, 3.05) is 18.0 Å². The molecule has 7 nitrogen and oxygen atoms in total. The predicted molar refractivity (Wildman–Crippen MR) is 119 cm³/mol. The van der Waals surface area contributed by atoms with Crippen molar-refractivity contribution >= 4 is 34.5 Å². The Hall–Kier alpha value is -2.67. The average molecular weight is 427 g/mol. The lowest BCUT2D eigenvalue weighted by Gasteiger charge is -2.22. The zero-order chi connectivity index (χ0) is 21.5. The molecule has 1 aliphatic rings. The monoisotopic (exact) mass is 426 g/mol. The highest BCUT2D eigenvalue weighted by Gasteiger charge is 2.29. The molecule has 0 radical (unpaired) electrons. The molecule has 30 heavy (non-hydrogen) atoms. The van der Waals surface area contributed by atoms with Crippen LogP contribution in [-0.2, 0) is 16.8 Å². The Morgan fingerprint density at radius 1 is 1.30 bits per heavy atom. The molecular weight excluding hydrogens is 400 g/mol. The number of anilines is 1. The summed E-state index contributed by atoms with van der Waals surface area (Å²) in [4.78, 5) is 28.1. The molecule has 1 aliphatic heterocycles. The molecule has 1 atom stereocenters. The van der Waals surface area contributed by atoms with Crippen LogP contribution in [0.4, 0.5) is 5.82 Å². The minimum atomic E-state index is -0.204. The van der Waals surface area contributed by atoms with Crippen molar-refractivity contribution in [3.63, 3.8) is 0 Å². The number of carbonyl (C=O) groups is 1. The molecule has 4 rings (SSSR count). The zero-order valence-corrected chi connectivity index (χ0v) is 18.6. The van der Waals surface area contributed by atoms with Crippen LogP contribution in [0.25, 0.3) is 11.2 Å². The largest absolute Gasteiger partial charge is 0.353 e. The zero-order valence-electron chi connectivity index (χ0n) is 17.8. The van der Waals surface area contributed by atoms with Gasteiger partial charge in [0.1, 0.15) is 5.82 Å². The molecule has 0 spiro atoms. The number of imidazole rings is 1. The van der Waals surface area contributed by atoms with Crippen LogP contribution < -0.4 is 10.2 Å². The molecule has 158 valence electrons. The van der Waals surface area contributed by atoms with E-state index in [0.29, 0.717) is 11.6 Å². The standard InChI is InChI=1S/C22H27ClN6O/c1-14(30)25-17-8-9-28(12-17)19-18-20(27-21(26-19)22(2,3)4)29(13-24-18)11-15-6-5-7-16(23)10-15/h5-7,10,13,17H,8-9,11-12H2,1-4H3,(H,25,30)/t17-/m0/s1. The van der Waals surface area contributed by atoms with Crippen molar-refractivity contribution in [2.45, 2.75) is 52.1 Å². The Bertz CT molecular complexity index is 1090. The smallest absolute Gasteiger partial charge is 0.217 e. The number of rotatable bonds is 4. The van der Waals surface area contributed by atoms with Gasteiger partial charge in [-0.15, -0.1) is 0 Å². The van der Waals surface area contributed by atoms with Crippen LogP contribution in [0.15, 0.2) is 30.6 Å². The maximum absolute atomic E-state index is 11.5. The number of benzene rings is 1. The summed E-state index contributed by atoms with van der Waals surface area (Å²) in [6, 6.07) is 7.94. The van der Waals surface area contributed by atoms with E-state index in [1.807, 2.05) is 35.2 Å². The quantitative estimate of drug-likeness (QED) is 0.690. The van der Waals surface area contributed by atoms with Crippen molar-refractivity contribution in [3.8, 4) is 0 Å².